The van der Waals surface area contributed by atoms with Gasteiger partial charge in [-0.1, -0.05) is 12.2 Å². The fraction of sp³-hybridized carbons (Fsp3) is 0.556. The average Bonchev–Trinajstić information content (AvgIpc) is 2.69. The van der Waals surface area contributed by atoms with Crippen molar-refractivity contribution in [3.63, 3.8) is 0 Å². The zero-order valence-electron chi connectivity index (χ0n) is 15.6. The Kier molecular flexibility index (Phi) is 8.60. The summed E-state index contributed by atoms with van der Waals surface area (Å²) >= 11 is 0. The van der Waals surface area contributed by atoms with Gasteiger partial charge in [0.25, 0.3) is 5.91 Å². The standard InChI is InChI=1S/C18H27N2O6P/c1-3-25-27(23,26-4-2)16(17(21)15-9-5-6-11-24-15)13-20-18(22)14-8-7-10-19-12-14/h5,7-10,12,15-17,21H,3-4,6,11,13H2,1-2H3,(H,20,22). The molecule has 0 saturated heterocycles. The summed E-state index contributed by atoms with van der Waals surface area (Å²) in [4.78, 5) is 16.2. The van der Waals surface area contributed by atoms with Gasteiger partial charge in [0.05, 0.1) is 31.5 Å². The third-order valence-electron chi connectivity index (χ3n) is 4.07. The Balaban J connectivity index is 2.19. The molecule has 2 rings (SSSR count). The number of aliphatic hydroxyl groups excluding tert-OH is 1. The molecule has 0 aromatic carbocycles. The zero-order chi connectivity index (χ0) is 19.7. The van der Waals surface area contributed by atoms with Gasteiger partial charge in [0, 0.05) is 18.9 Å². The lowest BCUT2D eigenvalue weighted by molar-refractivity contribution is -0.0192. The molecule has 0 radical (unpaired) electrons. The van der Waals surface area contributed by atoms with Crippen LogP contribution in [0.4, 0.5) is 0 Å². The summed E-state index contributed by atoms with van der Waals surface area (Å²) in [7, 11) is -3.69. The van der Waals surface area contributed by atoms with Gasteiger partial charge >= 0.3 is 7.60 Å². The van der Waals surface area contributed by atoms with Crippen LogP contribution >= 0.6 is 7.60 Å². The van der Waals surface area contributed by atoms with Crippen LogP contribution in [0.25, 0.3) is 0 Å². The van der Waals surface area contributed by atoms with Gasteiger partial charge < -0.3 is 24.2 Å². The second kappa shape index (κ2) is 10.7. The minimum atomic E-state index is -3.69. The number of hydrogen-bond acceptors (Lipinski definition) is 7. The topological polar surface area (TPSA) is 107 Å². The minimum absolute atomic E-state index is 0.0973. The second-order valence-corrected chi connectivity index (χ2v) is 8.20. The quantitative estimate of drug-likeness (QED) is 0.459. The van der Waals surface area contributed by atoms with Gasteiger partial charge in [0.1, 0.15) is 11.8 Å². The molecule has 1 amide bonds. The maximum Gasteiger partial charge on any atom is 0.338 e. The van der Waals surface area contributed by atoms with E-state index in [4.69, 9.17) is 13.8 Å². The number of hydrogen-bond donors (Lipinski definition) is 2. The Morgan fingerprint density at radius 3 is 2.74 bits per heavy atom. The summed E-state index contributed by atoms with van der Waals surface area (Å²) < 4.78 is 29.7. The molecule has 8 nitrogen and oxygen atoms in total. The van der Waals surface area contributed by atoms with E-state index in [2.05, 4.69) is 10.3 Å². The van der Waals surface area contributed by atoms with Crippen LogP contribution in [0.15, 0.2) is 36.7 Å². The van der Waals surface area contributed by atoms with E-state index in [1.807, 2.05) is 6.08 Å². The van der Waals surface area contributed by atoms with Gasteiger partial charge in [-0.25, -0.2) is 0 Å². The van der Waals surface area contributed by atoms with Crippen molar-refractivity contribution in [2.45, 2.75) is 38.1 Å². The summed E-state index contributed by atoms with van der Waals surface area (Å²) in [5, 5.41) is 13.5. The second-order valence-electron chi connectivity index (χ2n) is 5.94. The number of carbonyl (C=O) groups excluding carboxylic acids is 1. The molecule has 9 heteroatoms. The molecule has 27 heavy (non-hydrogen) atoms. The van der Waals surface area contributed by atoms with Gasteiger partial charge in [0.15, 0.2) is 0 Å². The maximum absolute atomic E-state index is 13.3. The number of rotatable bonds is 10. The molecular formula is C18H27N2O6P. The molecule has 2 heterocycles. The van der Waals surface area contributed by atoms with Crippen molar-refractivity contribution in [3.05, 3.63) is 42.2 Å². The molecule has 0 spiro atoms. The van der Waals surface area contributed by atoms with E-state index in [9.17, 15) is 14.5 Å². The molecule has 0 bridgehead atoms. The summed E-state index contributed by atoms with van der Waals surface area (Å²) in [6, 6.07) is 3.26. The van der Waals surface area contributed by atoms with Gasteiger partial charge in [0.2, 0.25) is 0 Å². The number of pyridine rings is 1. The highest BCUT2D eigenvalue weighted by Crippen LogP contribution is 2.54. The monoisotopic (exact) mass is 398 g/mol. The van der Waals surface area contributed by atoms with Crippen molar-refractivity contribution in [1.82, 2.24) is 10.3 Å². The van der Waals surface area contributed by atoms with Crippen LogP contribution in [0.3, 0.4) is 0 Å². The first-order chi connectivity index (χ1) is 13.0. The third-order valence-corrected chi connectivity index (χ3v) is 6.61. The highest BCUT2D eigenvalue weighted by atomic mass is 31.2. The predicted octanol–water partition coefficient (Wildman–Crippen LogP) is 2.15. The number of nitrogens with zero attached hydrogens (tertiary/aromatic N) is 1. The van der Waals surface area contributed by atoms with Crippen molar-refractivity contribution in [3.8, 4) is 0 Å². The van der Waals surface area contributed by atoms with Crippen molar-refractivity contribution in [2.24, 2.45) is 0 Å². The normalized spacial score (nSPS) is 19.4. The first kappa shape index (κ1) is 21.7. The molecule has 150 valence electrons. The highest BCUT2D eigenvalue weighted by Gasteiger charge is 2.44. The van der Waals surface area contributed by atoms with E-state index < -0.39 is 25.5 Å². The van der Waals surface area contributed by atoms with Crippen LogP contribution in [0, 0.1) is 0 Å². The summed E-state index contributed by atoms with van der Waals surface area (Å²) in [6.07, 6.45) is 5.56. The molecule has 2 N–H and O–H groups in total. The molecule has 0 aliphatic carbocycles. The first-order valence-electron chi connectivity index (χ1n) is 9.05. The molecule has 1 aromatic rings. The summed E-state index contributed by atoms with van der Waals surface area (Å²) in [6.45, 7) is 4.05. The number of ether oxygens (including phenoxy) is 1. The average molecular weight is 398 g/mol. The fourth-order valence-corrected chi connectivity index (χ4v) is 4.83. The van der Waals surface area contributed by atoms with Crippen molar-refractivity contribution >= 4 is 13.5 Å². The fourth-order valence-electron chi connectivity index (χ4n) is 2.79. The number of carbonyl (C=O) groups is 1. The molecule has 0 fully saturated rings. The molecular weight excluding hydrogens is 371 g/mol. The molecule has 1 aromatic heterocycles. The van der Waals surface area contributed by atoms with Crippen LogP contribution < -0.4 is 5.32 Å². The van der Waals surface area contributed by atoms with E-state index in [0.29, 0.717) is 12.2 Å². The Hall–Kier alpha value is -1.57. The lowest BCUT2D eigenvalue weighted by atomic mass is 10.1. The maximum atomic E-state index is 13.3. The number of nitrogens with one attached hydrogen (secondary N) is 1. The number of amides is 1. The van der Waals surface area contributed by atoms with E-state index in [1.165, 1.54) is 6.20 Å². The van der Waals surface area contributed by atoms with Crippen molar-refractivity contribution in [1.29, 1.82) is 0 Å². The Morgan fingerprint density at radius 1 is 1.44 bits per heavy atom. The zero-order valence-corrected chi connectivity index (χ0v) is 16.5. The smallest absolute Gasteiger partial charge is 0.338 e. The molecule has 3 atom stereocenters. The van der Waals surface area contributed by atoms with Crippen LogP contribution in [0.5, 0.6) is 0 Å². The van der Waals surface area contributed by atoms with Gasteiger partial charge in [-0.3, -0.25) is 14.3 Å². The predicted molar refractivity (Wildman–Crippen MR) is 101 cm³/mol. The summed E-state index contributed by atoms with van der Waals surface area (Å²) in [5.41, 5.74) is -0.618. The van der Waals surface area contributed by atoms with Crippen LogP contribution in [0.2, 0.25) is 0 Å². The number of aromatic nitrogens is 1. The summed E-state index contributed by atoms with van der Waals surface area (Å²) in [5.74, 6) is -0.389. The van der Waals surface area contributed by atoms with Crippen LogP contribution in [0.1, 0.15) is 30.6 Å². The van der Waals surface area contributed by atoms with Crippen LogP contribution in [-0.4, -0.2) is 60.2 Å². The minimum Gasteiger partial charge on any atom is -0.389 e. The molecule has 0 saturated carbocycles. The van der Waals surface area contributed by atoms with E-state index in [1.54, 1.807) is 38.3 Å². The lowest BCUT2D eigenvalue weighted by Gasteiger charge is -2.33. The Morgan fingerprint density at radius 2 is 2.19 bits per heavy atom. The molecule has 1 aliphatic heterocycles. The third kappa shape index (κ3) is 5.96. The largest absolute Gasteiger partial charge is 0.389 e. The van der Waals surface area contributed by atoms with Crippen LogP contribution in [-0.2, 0) is 18.3 Å². The molecule has 1 aliphatic rings. The highest BCUT2D eigenvalue weighted by molar-refractivity contribution is 7.54. The van der Waals surface area contributed by atoms with Gasteiger partial charge in [-0.05, 0) is 32.4 Å². The van der Waals surface area contributed by atoms with Crippen molar-refractivity contribution < 1.29 is 28.3 Å². The van der Waals surface area contributed by atoms with E-state index >= 15 is 0 Å². The van der Waals surface area contributed by atoms with Gasteiger partial charge in [-0.15, -0.1) is 0 Å². The lowest BCUT2D eigenvalue weighted by Crippen LogP contribution is -2.46. The number of aliphatic hydroxyl groups is 1. The van der Waals surface area contributed by atoms with E-state index in [-0.39, 0.29) is 25.7 Å². The van der Waals surface area contributed by atoms with Crippen molar-refractivity contribution in [2.75, 3.05) is 26.4 Å². The Bertz CT molecular complexity index is 659. The molecule has 3 unspecified atom stereocenters. The van der Waals surface area contributed by atoms with Gasteiger partial charge in [-0.2, -0.15) is 0 Å². The first-order valence-corrected chi connectivity index (χ1v) is 10.7. The SMILES string of the molecule is CCOP(=O)(OCC)C(CNC(=O)c1cccnc1)C(O)C1C=CCCO1. The van der Waals surface area contributed by atoms with E-state index in [0.717, 1.165) is 6.42 Å². The Labute approximate surface area is 159 Å².